The quantitative estimate of drug-likeness (QED) is 0.388. The Morgan fingerprint density at radius 2 is 1.97 bits per heavy atom. The lowest BCUT2D eigenvalue weighted by Crippen LogP contribution is -2.35. The Morgan fingerprint density at radius 3 is 2.61 bits per heavy atom. The Bertz CT molecular complexity index is 1200. The van der Waals surface area contributed by atoms with Crippen LogP contribution in [0.3, 0.4) is 0 Å². The minimum atomic E-state index is -0.723. The molecule has 1 fully saturated rings. The fourth-order valence-corrected chi connectivity index (χ4v) is 3.98. The minimum Gasteiger partial charge on any atom is -0.505 e. The van der Waals surface area contributed by atoms with Gasteiger partial charge in [0.25, 0.3) is 11.7 Å². The van der Waals surface area contributed by atoms with Crippen molar-refractivity contribution < 1.29 is 14.7 Å². The maximum absolute atomic E-state index is 13.1. The van der Waals surface area contributed by atoms with E-state index >= 15 is 0 Å². The summed E-state index contributed by atoms with van der Waals surface area (Å²) in [5, 5.41) is 11.3. The fourth-order valence-electron chi connectivity index (χ4n) is 3.98. The van der Waals surface area contributed by atoms with E-state index in [0.29, 0.717) is 35.7 Å². The topological polar surface area (TPSA) is 91.0 Å². The second-order valence-electron chi connectivity index (χ2n) is 8.01. The van der Waals surface area contributed by atoms with E-state index in [1.54, 1.807) is 24.5 Å². The van der Waals surface area contributed by atoms with Gasteiger partial charge in [0.2, 0.25) is 0 Å². The first-order valence-corrected chi connectivity index (χ1v) is 10.1. The van der Waals surface area contributed by atoms with Crippen molar-refractivity contribution in [1.29, 1.82) is 0 Å². The number of hydrogen-bond donors (Lipinski definition) is 1. The molecule has 160 valence electrons. The molecular formula is C23H25N5O3. The number of fused-ring (bicyclic) bond motifs is 1. The number of likely N-dealkylation sites (N-methyl/N-ethyl adjacent to an activating group) is 1. The summed E-state index contributed by atoms with van der Waals surface area (Å²) in [5.41, 5.74) is 3.34. The van der Waals surface area contributed by atoms with Crippen LogP contribution >= 0.6 is 0 Å². The summed E-state index contributed by atoms with van der Waals surface area (Å²) in [6, 6.07) is 6.66. The molecular weight excluding hydrogens is 394 g/mol. The Labute approximate surface area is 180 Å². The smallest absolute Gasteiger partial charge is 0.295 e. The second-order valence-corrected chi connectivity index (χ2v) is 8.01. The number of carbonyl (C=O) groups is 2. The molecule has 0 aliphatic carbocycles. The molecule has 4 heterocycles. The van der Waals surface area contributed by atoms with Crippen molar-refractivity contribution in [1.82, 2.24) is 24.2 Å². The Morgan fingerprint density at radius 1 is 1.19 bits per heavy atom. The van der Waals surface area contributed by atoms with Crippen molar-refractivity contribution in [2.75, 3.05) is 27.2 Å². The number of hydrogen-bond acceptors (Lipinski definition) is 6. The third-order valence-corrected chi connectivity index (χ3v) is 5.64. The van der Waals surface area contributed by atoms with Gasteiger partial charge in [0, 0.05) is 31.7 Å². The lowest BCUT2D eigenvalue weighted by atomic mass is 9.97. The van der Waals surface area contributed by atoms with Crippen LogP contribution in [0.1, 0.15) is 28.6 Å². The zero-order valence-corrected chi connectivity index (χ0v) is 18.0. The maximum Gasteiger partial charge on any atom is 0.295 e. The number of imidazole rings is 1. The number of aliphatic hydroxyl groups excluding tert-OH is 1. The van der Waals surface area contributed by atoms with Gasteiger partial charge in [0.1, 0.15) is 11.3 Å². The van der Waals surface area contributed by atoms with Crippen molar-refractivity contribution in [2.45, 2.75) is 19.9 Å². The Kier molecular flexibility index (Phi) is 5.32. The molecule has 1 N–H and O–H groups in total. The number of likely N-dealkylation sites (tertiary alicyclic amines) is 1. The highest BCUT2D eigenvalue weighted by Gasteiger charge is 2.46. The van der Waals surface area contributed by atoms with Gasteiger partial charge in [-0.05, 0) is 51.2 Å². The third-order valence-electron chi connectivity index (χ3n) is 5.64. The molecule has 1 aliphatic heterocycles. The van der Waals surface area contributed by atoms with Gasteiger partial charge in [-0.25, -0.2) is 4.98 Å². The molecule has 1 amide bonds. The van der Waals surface area contributed by atoms with Crippen molar-refractivity contribution in [2.24, 2.45) is 0 Å². The number of carbonyl (C=O) groups excluding carboxylic acids is 2. The number of aromatic nitrogens is 3. The molecule has 0 saturated carbocycles. The predicted octanol–water partition coefficient (Wildman–Crippen LogP) is 2.33. The van der Waals surface area contributed by atoms with Crippen molar-refractivity contribution >= 4 is 23.1 Å². The third kappa shape index (κ3) is 3.48. The van der Waals surface area contributed by atoms with E-state index in [-0.39, 0.29) is 11.3 Å². The molecule has 1 saturated heterocycles. The summed E-state index contributed by atoms with van der Waals surface area (Å²) in [7, 11) is 3.80. The number of rotatable bonds is 5. The highest BCUT2D eigenvalue weighted by atomic mass is 16.3. The van der Waals surface area contributed by atoms with Crippen LogP contribution in [-0.4, -0.2) is 68.2 Å². The van der Waals surface area contributed by atoms with Crippen LogP contribution in [0.2, 0.25) is 0 Å². The second kappa shape index (κ2) is 7.96. The number of aliphatic hydroxyl groups is 1. The molecule has 1 aliphatic rings. The van der Waals surface area contributed by atoms with E-state index in [9.17, 15) is 14.7 Å². The highest BCUT2D eigenvalue weighted by molar-refractivity contribution is 6.46. The number of amides is 1. The average molecular weight is 419 g/mol. The van der Waals surface area contributed by atoms with Crippen molar-refractivity contribution in [3.8, 4) is 0 Å². The average Bonchev–Trinajstić information content (AvgIpc) is 3.22. The van der Waals surface area contributed by atoms with Crippen LogP contribution < -0.4 is 0 Å². The van der Waals surface area contributed by atoms with Crippen molar-refractivity contribution in [3.63, 3.8) is 0 Å². The summed E-state index contributed by atoms with van der Waals surface area (Å²) in [6.45, 7) is 4.69. The first-order chi connectivity index (χ1) is 14.8. The zero-order valence-electron chi connectivity index (χ0n) is 18.0. The number of Topliss-reactive ketones (excluding diaryl/α,β-unsaturated/α-hetero) is 1. The zero-order chi connectivity index (χ0) is 22.3. The van der Waals surface area contributed by atoms with Gasteiger partial charge in [-0.2, -0.15) is 0 Å². The number of pyridine rings is 2. The van der Waals surface area contributed by atoms with E-state index in [2.05, 4.69) is 9.97 Å². The van der Waals surface area contributed by atoms with E-state index in [1.807, 2.05) is 55.6 Å². The summed E-state index contributed by atoms with van der Waals surface area (Å²) in [4.78, 5) is 38.2. The fraction of sp³-hybridized carbons (Fsp3) is 0.304. The first-order valence-electron chi connectivity index (χ1n) is 10.1. The molecule has 0 radical (unpaired) electrons. The van der Waals surface area contributed by atoms with Crippen LogP contribution in [-0.2, 0) is 9.59 Å². The summed E-state index contributed by atoms with van der Waals surface area (Å²) in [5.74, 6) is -1.60. The van der Waals surface area contributed by atoms with Crippen LogP contribution in [0, 0.1) is 13.8 Å². The number of nitrogens with zero attached hydrogens (tertiary/aromatic N) is 5. The lowest BCUT2D eigenvalue weighted by Gasteiger charge is -2.26. The van der Waals surface area contributed by atoms with Gasteiger partial charge < -0.3 is 19.3 Å². The van der Waals surface area contributed by atoms with E-state index in [4.69, 9.17) is 0 Å². The molecule has 3 aromatic rings. The molecule has 0 bridgehead atoms. The largest absolute Gasteiger partial charge is 0.505 e. The van der Waals surface area contributed by atoms with Crippen LogP contribution in [0.15, 0.2) is 48.4 Å². The van der Waals surface area contributed by atoms with E-state index in [0.717, 1.165) is 5.56 Å². The summed E-state index contributed by atoms with van der Waals surface area (Å²) >= 11 is 0. The van der Waals surface area contributed by atoms with Crippen LogP contribution in [0.5, 0.6) is 0 Å². The van der Waals surface area contributed by atoms with E-state index < -0.39 is 17.7 Å². The normalized spacial score (nSPS) is 18.5. The number of ketones is 1. The lowest BCUT2D eigenvalue weighted by molar-refractivity contribution is -0.140. The van der Waals surface area contributed by atoms with Crippen LogP contribution in [0.25, 0.3) is 11.4 Å². The van der Waals surface area contributed by atoms with Crippen molar-refractivity contribution in [3.05, 3.63) is 70.9 Å². The summed E-state index contributed by atoms with van der Waals surface area (Å²) < 4.78 is 1.87. The SMILES string of the molecule is Cc1cccn2c(C)c(/C(O)=C3\C(=O)C(=O)N(CCN(C)C)C3c3cccnc3)nc12. The molecule has 31 heavy (non-hydrogen) atoms. The summed E-state index contributed by atoms with van der Waals surface area (Å²) in [6.07, 6.45) is 5.10. The Hall–Kier alpha value is -3.52. The number of aryl methyl sites for hydroxylation is 2. The van der Waals surface area contributed by atoms with Gasteiger partial charge in [-0.3, -0.25) is 14.6 Å². The predicted molar refractivity (Wildman–Crippen MR) is 116 cm³/mol. The van der Waals surface area contributed by atoms with Gasteiger partial charge >= 0.3 is 0 Å². The van der Waals surface area contributed by atoms with Gasteiger partial charge in [0.15, 0.2) is 5.76 Å². The van der Waals surface area contributed by atoms with Gasteiger partial charge in [0.05, 0.1) is 17.3 Å². The Balaban J connectivity index is 1.91. The van der Waals surface area contributed by atoms with Gasteiger partial charge in [-0.15, -0.1) is 0 Å². The molecule has 1 atom stereocenters. The molecule has 8 heteroatoms. The molecule has 0 aromatic carbocycles. The van der Waals surface area contributed by atoms with E-state index in [1.165, 1.54) is 4.90 Å². The molecule has 4 rings (SSSR count). The molecule has 0 spiro atoms. The van der Waals surface area contributed by atoms with Gasteiger partial charge in [-0.1, -0.05) is 12.1 Å². The minimum absolute atomic E-state index is 0.0425. The molecule has 1 unspecified atom stereocenters. The standard InChI is InChI=1S/C23H25N5O3/c1-14-7-6-10-27-15(2)18(25-22(14)27)20(29)17-19(16-8-5-9-24-13-16)28(12-11-26(3)4)23(31)21(17)30/h5-10,13,19,29H,11-12H2,1-4H3/b20-17+. The molecule has 3 aromatic heterocycles. The highest BCUT2D eigenvalue weighted by Crippen LogP contribution is 2.39. The monoisotopic (exact) mass is 419 g/mol. The molecule has 8 nitrogen and oxygen atoms in total. The first kappa shape index (κ1) is 20.7. The maximum atomic E-state index is 13.1. The van der Waals surface area contributed by atoms with Crippen LogP contribution in [0.4, 0.5) is 0 Å².